The number of nitrogens with zero attached hydrogens (tertiary/aromatic N) is 2. The molecule has 0 bridgehead atoms. The Labute approximate surface area is 245 Å². The first-order valence-corrected chi connectivity index (χ1v) is 15.9. The molecule has 6 heteroatoms. The zero-order chi connectivity index (χ0) is 29.8. The van der Waals surface area contributed by atoms with Crippen LogP contribution in [0.4, 0.5) is 0 Å². The van der Waals surface area contributed by atoms with E-state index in [2.05, 4.69) is 40.7 Å². The normalized spacial score (nSPS) is 44.7. The van der Waals surface area contributed by atoms with Crippen LogP contribution in [0.1, 0.15) is 93.4 Å². The van der Waals surface area contributed by atoms with E-state index in [0.29, 0.717) is 26.3 Å². The third-order valence-electron chi connectivity index (χ3n) is 13.6. The number of amides is 1. The molecule has 6 aliphatic rings. The Balaban J connectivity index is 1.49. The Morgan fingerprint density at radius 3 is 2.29 bits per heavy atom. The molecule has 3 saturated carbocycles. The van der Waals surface area contributed by atoms with Gasteiger partial charge in [-0.2, -0.15) is 5.26 Å². The molecule has 1 heterocycles. The molecule has 2 unspecified atom stereocenters. The van der Waals surface area contributed by atoms with Crippen LogP contribution in [-0.2, 0) is 19.1 Å². The molecule has 6 rings (SSSR count). The van der Waals surface area contributed by atoms with E-state index in [1.54, 1.807) is 0 Å². The highest BCUT2D eigenvalue weighted by Crippen LogP contribution is 2.74. The summed E-state index contributed by atoms with van der Waals surface area (Å²) in [6.07, 6.45) is 10.0. The number of hydrogen-bond acceptors (Lipinski definition) is 5. The topological polar surface area (TPSA) is 87.5 Å². The van der Waals surface area contributed by atoms with Gasteiger partial charge in [0.15, 0.2) is 11.6 Å². The van der Waals surface area contributed by atoms with E-state index in [1.165, 1.54) is 0 Å². The highest BCUT2D eigenvalue weighted by Gasteiger charge is 2.71. The quantitative estimate of drug-likeness (QED) is 0.389. The number of carbonyl (C=O) groups excluding carboxylic acids is 3. The first kappa shape index (κ1) is 28.8. The number of morpholine rings is 1. The molecule has 1 saturated heterocycles. The van der Waals surface area contributed by atoms with Crippen LogP contribution in [0.15, 0.2) is 23.3 Å². The molecule has 1 aliphatic heterocycles. The summed E-state index contributed by atoms with van der Waals surface area (Å²) in [7, 11) is 0. The summed E-state index contributed by atoms with van der Waals surface area (Å²) in [4.78, 5) is 44.4. The zero-order valence-electron chi connectivity index (χ0n) is 26.2. The Kier molecular flexibility index (Phi) is 6.25. The molecule has 4 fully saturated rings. The predicted molar refractivity (Wildman–Crippen MR) is 156 cm³/mol. The largest absolute Gasteiger partial charge is 0.378 e. The molecule has 0 N–H and O–H groups in total. The second kappa shape index (κ2) is 8.88. The SMILES string of the molecule is CC1(C)CC[C@]2(C(=O)N3CCOCC3)CC[C@]3(C)C(C(=O)C=C4[C@@]5(C)C=C(C#N)C(=O)C(C)(C)[C@@H]5CC[C@]43C)C2C1. The number of allylic oxidation sites excluding steroid dienone is 4. The van der Waals surface area contributed by atoms with Crippen molar-refractivity contribution < 1.29 is 19.1 Å². The molecule has 1 amide bonds. The number of ether oxygens (including phenoxy) is 1. The van der Waals surface area contributed by atoms with Gasteiger partial charge in [-0.3, -0.25) is 14.4 Å². The number of hydrogen-bond donors (Lipinski definition) is 0. The van der Waals surface area contributed by atoms with Gasteiger partial charge >= 0.3 is 0 Å². The average Bonchev–Trinajstić information content (AvgIpc) is 2.92. The van der Waals surface area contributed by atoms with Crippen molar-refractivity contribution in [2.24, 2.45) is 50.2 Å². The van der Waals surface area contributed by atoms with Crippen LogP contribution < -0.4 is 0 Å². The summed E-state index contributed by atoms with van der Waals surface area (Å²) in [6.45, 7) is 17.9. The molecular formula is C35H48N2O4. The van der Waals surface area contributed by atoms with E-state index in [-0.39, 0.29) is 57.0 Å². The van der Waals surface area contributed by atoms with Crippen LogP contribution in [-0.4, -0.2) is 48.7 Å². The van der Waals surface area contributed by atoms with Gasteiger partial charge in [0.2, 0.25) is 5.91 Å². The van der Waals surface area contributed by atoms with Crippen molar-refractivity contribution in [1.82, 2.24) is 4.90 Å². The summed E-state index contributed by atoms with van der Waals surface area (Å²) >= 11 is 0. The third kappa shape index (κ3) is 3.66. The van der Waals surface area contributed by atoms with Crippen molar-refractivity contribution in [2.75, 3.05) is 26.3 Å². The monoisotopic (exact) mass is 560 g/mol. The minimum absolute atomic E-state index is 0.00239. The number of ketones is 2. The summed E-state index contributed by atoms with van der Waals surface area (Å²) < 4.78 is 5.58. The maximum absolute atomic E-state index is 14.7. The fourth-order valence-electron chi connectivity index (χ4n) is 11.1. The van der Waals surface area contributed by atoms with Crippen molar-refractivity contribution >= 4 is 17.5 Å². The highest BCUT2D eigenvalue weighted by molar-refractivity contribution is 6.04. The van der Waals surface area contributed by atoms with Gasteiger partial charge in [0.25, 0.3) is 0 Å². The molecule has 41 heavy (non-hydrogen) atoms. The predicted octanol–water partition coefficient (Wildman–Crippen LogP) is 6.06. The summed E-state index contributed by atoms with van der Waals surface area (Å²) in [5, 5.41) is 9.95. The fourth-order valence-corrected chi connectivity index (χ4v) is 11.1. The van der Waals surface area contributed by atoms with Gasteiger partial charge < -0.3 is 9.64 Å². The molecule has 7 atom stereocenters. The second-order valence-electron chi connectivity index (χ2n) is 16.3. The lowest BCUT2D eigenvalue weighted by Crippen LogP contribution is -2.67. The molecule has 222 valence electrons. The van der Waals surface area contributed by atoms with Crippen LogP contribution in [0, 0.1) is 61.6 Å². The van der Waals surface area contributed by atoms with E-state index in [9.17, 15) is 19.6 Å². The number of fused-ring (bicyclic) bond motifs is 7. The number of nitriles is 1. The highest BCUT2D eigenvalue weighted by atomic mass is 16.5. The van der Waals surface area contributed by atoms with Crippen LogP contribution in [0.5, 0.6) is 0 Å². The lowest BCUT2D eigenvalue weighted by Gasteiger charge is -2.69. The zero-order valence-corrected chi connectivity index (χ0v) is 26.2. The minimum atomic E-state index is -0.669. The minimum Gasteiger partial charge on any atom is -0.378 e. The molecule has 0 spiro atoms. The van der Waals surface area contributed by atoms with E-state index < -0.39 is 16.2 Å². The van der Waals surface area contributed by atoms with Gasteiger partial charge in [0.05, 0.1) is 24.2 Å². The fraction of sp³-hybridized carbons (Fsp3) is 0.771. The summed E-state index contributed by atoms with van der Waals surface area (Å²) in [5.74, 6) is 0.151. The van der Waals surface area contributed by atoms with E-state index in [0.717, 1.165) is 50.5 Å². The van der Waals surface area contributed by atoms with E-state index in [4.69, 9.17) is 4.74 Å². The molecular weight excluding hydrogens is 512 g/mol. The smallest absolute Gasteiger partial charge is 0.229 e. The first-order chi connectivity index (χ1) is 19.1. The average molecular weight is 561 g/mol. The van der Waals surface area contributed by atoms with Crippen LogP contribution >= 0.6 is 0 Å². The van der Waals surface area contributed by atoms with E-state index in [1.807, 2.05) is 30.9 Å². The number of Topliss-reactive ketones (excluding diaryl/α,β-unsaturated/α-hetero) is 1. The van der Waals surface area contributed by atoms with Crippen molar-refractivity contribution in [1.29, 1.82) is 5.26 Å². The van der Waals surface area contributed by atoms with Gasteiger partial charge in [-0.25, -0.2) is 0 Å². The third-order valence-corrected chi connectivity index (χ3v) is 13.6. The van der Waals surface area contributed by atoms with Crippen molar-refractivity contribution in [3.63, 3.8) is 0 Å². The molecule has 0 radical (unpaired) electrons. The van der Waals surface area contributed by atoms with Crippen LogP contribution in [0.3, 0.4) is 0 Å². The van der Waals surface area contributed by atoms with Crippen molar-refractivity contribution in [2.45, 2.75) is 93.4 Å². The maximum Gasteiger partial charge on any atom is 0.229 e. The standard InChI is InChI=1S/C35H48N2O4/c1-30(2)10-12-35(29(40)37-14-16-41-17-15-37)13-11-34(7)27(23(35)20-30)24(38)18-26-32(5)19-22(21-36)28(39)31(3,4)25(32)8-9-33(26,34)6/h18-19,23,25,27H,8-17,20H2,1-7H3/t23?,25-,27?,32-,33+,34+,35-/m0/s1. The second-order valence-corrected chi connectivity index (χ2v) is 16.3. The van der Waals surface area contributed by atoms with Crippen LogP contribution in [0.2, 0.25) is 0 Å². The molecule has 0 aromatic carbocycles. The number of carbonyl (C=O) groups is 3. The number of rotatable bonds is 1. The molecule has 5 aliphatic carbocycles. The van der Waals surface area contributed by atoms with Crippen molar-refractivity contribution in [3.05, 3.63) is 23.3 Å². The lowest BCUT2D eigenvalue weighted by atomic mass is 9.34. The summed E-state index contributed by atoms with van der Waals surface area (Å²) in [6, 6.07) is 2.20. The van der Waals surface area contributed by atoms with Gasteiger partial charge in [0, 0.05) is 29.8 Å². The summed E-state index contributed by atoms with van der Waals surface area (Å²) in [5.41, 5.74) is -0.860. The van der Waals surface area contributed by atoms with Gasteiger partial charge in [0.1, 0.15) is 6.07 Å². The van der Waals surface area contributed by atoms with Crippen molar-refractivity contribution in [3.8, 4) is 6.07 Å². The van der Waals surface area contributed by atoms with Gasteiger partial charge in [-0.1, -0.05) is 60.1 Å². The maximum atomic E-state index is 14.7. The Morgan fingerprint density at radius 1 is 0.976 bits per heavy atom. The molecule has 0 aromatic rings. The van der Waals surface area contributed by atoms with E-state index >= 15 is 0 Å². The Morgan fingerprint density at radius 2 is 1.63 bits per heavy atom. The lowest BCUT2D eigenvalue weighted by molar-refractivity contribution is -0.186. The van der Waals surface area contributed by atoms with Gasteiger partial charge in [-0.15, -0.1) is 0 Å². The Bertz CT molecular complexity index is 1310. The van der Waals surface area contributed by atoms with Crippen LogP contribution in [0.25, 0.3) is 0 Å². The molecule has 0 aromatic heterocycles. The van der Waals surface area contributed by atoms with Gasteiger partial charge in [-0.05, 0) is 79.1 Å². The Hall–Kier alpha value is -2.26. The first-order valence-electron chi connectivity index (χ1n) is 15.9. The molecule has 6 nitrogen and oxygen atoms in total.